The molecule has 0 aliphatic heterocycles. The van der Waals surface area contributed by atoms with E-state index in [1.807, 2.05) is 0 Å². The van der Waals surface area contributed by atoms with Gasteiger partial charge in [-0.2, -0.15) is 0 Å². The van der Waals surface area contributed by atoms with Crippen LogP contribution in [-0.4, -0.2) is 27.8 Å². The minimum Gasteiger partial charge on any atom is -0.494 e. The van der Waals surface area contributed by atoms with Crippen LogP contribution in [0.25, 0.3) is 0 Å². The third-order valence-electron chi connectivity index (χ3n) is 2.30. The molecule has 0 heterocycles. The zero-order valence-electron chi connectivity index (χ0n) is 9.90. The van der Waals surface area contributed by atoms with Gasteiger partial charge in [0.2, 0.25) is 4.38 Å². The molecule has 0 amide bonds. The number of ether oxygens (including phenoxy) is 1. The molecule has 0 aromatic rings. The number of aliphatic hydroxyl groups excluding tert-OH is 1. The molecule has 1 unspecified atom stereocenters. The fourth-order valence-electron chi connectivity index (χ4n) is 1.41. The molecule has 94 valence electrons. The van der Waals surface area contributed by atoms with E-state index >= 15 is 0 Å². The first-order valence-electron chi connectivity index (χ1n) is 5.56. The summed E-state index contributed by atoms with van der Waals surface area (Å²) < 4.78 is 4.55. The molecule has 0 aliphatic rings. The van der Waals surface area contributed by atoms with Crippen molar-refractivity contribution in [2.45, 2.75) is 50.7 Å². The monoisotopic (exact) mass is 264 g/mol. The van der Waals surface area contributed by atoms with E-state index in [0.29, 0.717) is 12.8 Å². The van der Waals surface area contributed by atoms with Crippen molar-refractivity contribution < 1.29 is 14.6 Å². The summed E-state index contributed by atoms with van der Waals surface area (Å²) in [6.45, 7) is 2.15. The van der Waals surface area contributed by atoms with Gasteiger partial charge in [-0.1, -0.05) is 37.9 Å². The second-order valence-corrected chi connectivity index (χ2v) is 5.55. The Hall–Kier alpha value is -0.290. The predicted molar refractivity (Wildman–Crippen MR) is 72.0 cm³/mol. The third-order valence-corrected chi connectivity index (χ3v) is 3.59. The van der Waals surface area contributed by atoms with Gasteiger partial charge in [0.1, 0.15) is 0 Å². The SMILES string of the molecule is CCCCCC(CCC(=O)OC)SC(O)=S. The highest BCUT2D eigenvalue weighted by atomic mass is 32.2. The van der Waals surface area contributed by atoms with Crippen LogP contribution in [0.15, 0.2) is 0 Å². The molecule has 1 N–H and O–H groups in total. The number of unbranched alkanes of at least 4 members (excludes halogenated alkanes) is 2. The van der Waals surface area contributed by atoms with E-state index in [9.17, 15) is 4.79 Å². The molecule has 1 atom stereocenters. The molecular weight excluding hydrogens is 244 g/mol. The molecule has 3 nitrogen and oxygen atoms in total. The summed E-state index contributed by atoms with van der Waals surface area (Å²) in [5, 5.41) is 9.31. The van der Waals surface area contributed by atoms with Crippen molar-refractivity contribution >= 4 is 34.3 Å². The molecular formula is C11H20O3S2. The van der Waals surface area contributed by atoms with Gasteiger partial charge in [-0.15, -0.1) is 0 Å². The lowest BCUT2D eigenvalue weighted by molar-refractivity contribution is -0.140. The van der Waals surface area contributed by atoms with Crippen LogP contribution >= 0.6 is 24.0 Å². The summed E-state index contributed by atoms with van der Waals surface area (Å²) in [6.07, 6.45) is 5.53. The fourth-order valence-corrected chi connectivity index (χ4v) is 2.62. The maximum atomic E-state index is 11.0. The zero-order valence-corrected chi connectivity index (χ0v) is 11.5. The summed E-state index contributed by atoms with van der Waals surface area (Å²) in [4.78, 5) is 11.0. The van der Waals surface area contributed by atoms with Crippen LogP contribution in [0.4, 0.5) is 0 Å². The number of hydrogen-bond acceptors (Lipinski definition) is 4. The van der Waals surface area contributed by atoms with Crippen LogP contribution in [0, 0.1) is 0 Å². The minimum absolute atomic E-state index is 0.0358. The van der Waals surface area contributed by atoms with Crippen LogP contribution in [0.1, 0.15) is 45.4 Å². The Labute approximate surface area is 107 Å². The largest absolute Gasteiger partial charge is 0.494 e. The third kappa shape index (κ3) is 8.97. The lowest BCUT2D eigenvalue weighted by Crippen LogP contribution is -2.10. The van der Waals surface area contributed by atoms with Crippen LogP contribution in [0.2, 0.25) is 0 Å². The molecule has 0 spiro atoms. The molecule has 0 aliphatic carbocycles. The first-order chi connectivity index (χ1) is 7.60. The molecule has 0 saturated carbocycles. The number of carbonyl (C=O) groups is 1. The first-order valence-corrected chi connectivity index (χ1v) is 6.85. The van der Waals surface area contributed by atoms with Gasteiger partial charge in [0.15, 0.2) is 0 Å². The zero-order chi connectivity index (χ0) is 12.4. The Balaban J connectivity index is 3.89. The molecule has 0 aromatic heterocycles. The molecule has 0 saturated heterocycles. The van der Waals surface area contributed by atoms with Gasteiger partial charge in [-0.05, 0) is 25.1 Å². The van der Waals surface area contributed by atoms with Crippen LogP contribution in [0.5, 0.6) is 0 Å². The van der Waals surface area contributed by atoms with E-state index in [4.69, 9.17) is 5.11 Å². The predicted octanol–water partition coefficient (Wildman–Crippen LogP) is 3.46. The number of thiocarbonyl (C=S) groups is 1. The lowest BCUT2D eigenvalue weighted by atomic mass is 10.1. The average molecular weight is 264 g/mol. The summed E-state index contributed by atoms with van der Waals surface area (Å²) in [6, 6.07) is 0. The Kier molecular flexibility index (Phi) is 9.72. The Morgan fingerprint density at radius 1 is 1.44 bits per heavy atom. The molecule has 0 radical (unpaired) electrons. The van der Waals surface area contributed by atoms with E-state index in [1.165, 1.54) is 25.3 Å². The molecule has 16 heavy (non-hydrogen) atoms. The second-order valence-electron chi connectivity index (χ2n) is 3.62. The van der Waals surface area contributed by atoms with Crippen molar-refractivity contribution in [1.82, 2.24) is 0 Å². The molecule has 0 rings (SSSR count). The minimum atomic E-state index is -0.204. The number of hydrogen-bond donors (Lipinski definition) is 1. The van der Waals surface area contributed by atoms with Crippen LogP contribution in [-0.2, 0) is 9.53 Å². The highest BCUT2D eigenvalue weighted by molar-refractivity contribution is 8.22. The van der Waals surface area contributed by atoms with Crippen molar-refractivity contribution in [2.75, 3.05) is 7.11 Å². The topological polar surface area (TPSA) is 46.5 Å². The summed E-state index contributed by atoms with van der Waals surface area (Å²) in [5.41, 5.74) is 0. The highest BCUT2D eigenvalue weighted by Gasteiger charge is 2.13. The summed E-state index contributed by atoms with van der Waals surface area (Å²) in [7, 11) is 1.39. The van der Waals surface area contributed by atoms with E-state index in [1.54, 1.807) is 0 Å². The fraction of sp³-hybridized carbons (Fsp3) is 0.818. The molecule has 0 bridgehead atoms. The summed E-state index contributed by atoms with van der Waals surface area (Å²) in [5.74, 6) is -0.204. The lowest BCUT2D eigenvalue weighted by Gasteiger charge is -2.13. The first kappa shape index (κ1) is 15.7. The molecule has 5 heteroatoms. The quantitative estimate of drug-likeness (QED) is 0.413. The smallest absolute Gasteiger partial charge is 0.305 e. The average Bonchev–Trinajstić information content (AvgIpc) is 2.24. The number of carbonyl (C=O) groups excluding carboxylic acids is 1. The second kappa shape index (κ2) is 9.90. The Morgan fingerprint density at radius 3 is 2.62 bits per heavy atom. The van der Waals surface area contributed by atoms with Crippen molar-refractivity contribution in [2.24, 2.45) is 0 Å². The number of esters is 1. The summed E-state index contributed by atoms with van der Waals surface area (Å²) >= 11 is 5.94. The molecule has 0 fully saturated rings. The van der Waals surface area contributed by atoms with Gasteiger partial charge in [-0.25, -0.2) is 0 Å². The van der Waals surface area contributed by atoms with E-state index in [0.717, 1.165) is 19.3 Å². The van der Waals surface area contributed by atoms with Crippen LogP contribution < -0.4 is 0 Å². The number of rotatable bonds is 8. The van der Waals surface area contributed by atoms with Gasteiger partial charge >= 0.3 is 5.97 Å². The van der Waals surface area contributed by atoms with Crippen LogP contribution in [0.3, 0.4) is 0 Å². The van der Waals surface area contributed by atoms with Crippen molar-refractivity contribution in [1.29, 1.82) is 0 Å². The Morgan fingerprint density at radius 2 is 2.12 bits per heavy atom. The molecule has 0 aromatic carbocycles. The number of thioether (sulfide) groups is 1. The number of aliphatic hydroxyl groups is 1. The highest BCUT2D eigenvalue weighted by Crippen LogP contribution is 2.23. The Bertz CT molecular complexity index is 219. The standard InChI is InChI=1S/C11H20O3S2/c1-3-4-5-6-9(16-11(13)15)7-8-10(12)14-2/h9H,3-8H2,1-2H3,(H,13,15). The maximum Gasteiger partial charge on any atom is 0.305 e. The van der Waals surface area contributed by atoms with E-state index < -0.39 is 0 Å². The van der Waals surface area contributed by atoms with E-state index in [-0.39, 0.29) is 15.6 Å². The van der Waals surface area contributed by atoms with Crippen molar-refractivity contribution in [3.63, 3.8) is 0 Å². The van der Waals surface area contributed by atoms with Gasteiger partial charge in [0.25, 0.3) is 0 Å². The van der Waals surface area contributed by atoms with Crippen molar-refractivity contribution in [3.05, 3.63) is 0 Å². The normalized spacial score (nSPS) is 12.1. The number of methoxy groups -OCH3 is 1. The van der Waals surface area contributed by atoms with E-state index in [2.05, 4.69) is 23.9 Å². The maximum absolute atomic E-state index is 11.0. The van der Waals surface area contributed by atoms with Gasteiger partial charge in [0, 0.05) is 11.7 Å². The van der Waals surface area contributed by atoms with Crippen molar-refractivity contribution in [3.8, 4) is 0 Å². The van der Waals surface area contributed by atoms with Gasteiger partial charge in [-0.3, -0.25) is 4.79 Å². The van der Waals surface area contributed by atoms with Gasteiger partial charge in [0.05, 0.1) is 7.11 Å². The van der Waals surface area contributed by atoms with Gasteiger partial charge < -0.3 is 9.84 Å².